The van der Waals surface area contributed by atoms with Crippen molar-refractivity contribution in [1.29, 1.82) is 0 Å². The lowest BCUT2D eigenvalue weighted by Crippen LogP contribution is -2.42. The fourth-order valence-corrected chi connectivity index (χ4v) is 6.43. The number of alkyl halides is 1. The molecule has 0 spiro atoms. The smallest absolute Gasteiger partial charge is 0.303 e. The van der Waals surface area contributed by atoms with E-state index >= 15 is 4.39 Å². The highest BCUT2D eigenvalue weighted by molar-refractivity contribution is 7.99. The Morgan fingerprint density at radius 3 is 2.82 bits per heavy atom. The molecule has 1 unspecified atom stereocenters. The predicted octanol–water partition coefficient (Wildman–Crippen LogP) is 6.64. The fourth-order valence-electron chi connectivity index (χ4n) is 5.47. The number of aliphatic carboxylic acids is 1. The predicted molar refractivity (Wildman–Crippen MR) is 150 cm³/mol. The molecule has 1 N–H and O–H groups in total. The van der Waals surface area contributed by atoms with E-state index in [0.717, 1.165) is 59.8 Å². The van der Waals surface area contributed by atoms with E-state index in [-0.39, 0.29) is 18.3 Å². The Bertz CT molecular complexity index is 1210. The normalized spacial score (nSPS) is 18.8. The zero-order valence-electron chi connectivity index (χ0n) is 22.1. The third kappa shape index (κ3) is 7.38. The average molecular weight is 541 g/mol. The number of para-hydroxylation sites is 1. The van der Waals surface area contributed by atoms with Crippen LogP contribution in [0.5, 0.6) is 11.5 Å². The number of likely N-dealkylation sites (tertiary alicyclic amines) is 1. The summed E-state index contributed by atoms with van der Waals surface area (Å²) in [6.07, 6.45) is 3.59. The molecule has 1 saturated heterocycles. The number of nitrogens with zero attached hydrogens (tertiary/aromatic N) is 2. The minimum absolute atomic E-state index is 0.0320. The topological polar surface area (TPSA) is 71.9 Å². The third-order valence-corrected chi connectivity index (χ3v) is 8.61. The van der Waals surface area contributed by atoms with Crippen LogP contribution in [0.1, 0.15) is 43.8 Å². The van der Waals surface area contributed by atoms with Crippen LogP contribution in [0.4, 0.5) is 4.39 Å². The number of ether oxygens (including phenoxy) is 2. The van der Waals surface area contributed by atoms with Gasteiger partial charge in [-0.25, -0.2) is 4.39 Å². The number of benzene rings is 2. The number of piperidine rings is 1. The second-order valence-corrected chi connectivity index (χ2v) is 11.0. The van der Waals surface area contributed by atoms with E-state index in [1.54, 1.807) is 38.2 Å². The first-order valence-electron chi connectivity index (χ1n) is 13.2. The molecule has 0 aliphatic carbocycles. The van der Waals surface area contributed by atoms with Gasteiger partial charge in [0, 0.05) is 29.4 Å². The molecule has 3 aromatic rings. The standard InChI is InChI=1S/C30H37FN2O4S/c1-36-23-9-11-27-25(19-23)24(12-14-32-27)26(31)10-8-21-13-16-33(20-22(21)18-30(34)35)15-5-17-38-29-7-4-3-6-28(29)37-2/h3-4,6-7,9,11-12,14,19,21-22,26H,5,8,10,13,15-18,20H2,1-2H3,(H,34,35)/t21-,22+,26?/m1/s1. The molecule has 8 heteroatoms. The van der Waals surface area contributed by atoms with E-state index in [4.69, 9.17) is 9.47 Å². The maximum Gasteiger partial charge on any atom is 0.303 e. The second kappa shape index (κ2) is 13.8. The van der Waals surface area contributed by atoms with Crippen molar-refractivity contribution in [3.63, 3.8) is 0 Å². The van der Waals surface area contributed by atoms with Gasteiger partial charge in [-0.3, -0.25) is 9.78 Å². The van der Waals surface area contributed by atoms with E-state index in [2.05, 4.69) is 16.0 Å². The highest BCUT2D eigenvalue weighted by Gasteiger charge is 2.31. The molecular weight excluding hydrogens is 503 g/mol. The Labute approximate surface area is 228 Å². The molecule has 0 saturated carbocycles. The van der Waals surface area contributed by atoms with Gasteiger partial charge in [0.25, 0.3) is 0 Å². The van der Waals surface area contributed by atoms with Crippen LogP contribution in [0.15, 0.2) is 59.6 Å². The monoisotopic (exact) mass is 540 g/mol. The fraction of sp³-hybridized carbons (Fsp3) is 0.467. The summed E-state index contributed by atoms with van der Waals surface area (Å²) in [5, 5.41) is 10.3. The molecule has 6 nitrogen and oxygen atoms in total. The molecule has 1 aromatic heterocycles. The summed E-state index contributed by atoms with van der Waals surface area (Å²) in [5.41, 5.74) is 1.36. The highest BCUT2D eigenvalue weighted by Crippen LogP contribution is 2.36. The van der Waals surface area contributed by atoms with Crippen LogP contribution >= 0.6 is 11.8 Å². The quantitative estimate of drug-likeness (QED) is 0.193. The summed E-state index contributed by atoms with van der Waals surface area (Å²) in [6, 6.07) is 15.3. The van der Waals surface area contributed by atoms with Gasteiger partial charge < -0.3 is 19.5 Å². The molecule has 0 bridgehead atoms. The van der Waals surface area contributed by atoms with Crippen molar-refractivity contribution < 1.29 is 23.8 Å². The van der Waals surface area contributed by atoms with Gasteiger partial charge in [-0.15, -0.1) is 11.8 Å². The van der Waals surface area contributed by atoms with Crippen molar-refractivity contribution in [3.8, 4) is 11.5 Å². The summed E-state index contributed by atoms with van der Waals surface area (Å²) in [7, 11) is 3.28. The maximum absolute atomic E-state index is 15.5. The lowest BCUT2D eigenvalue weighted by atomic mass is 9.79. The number of fused-ring (bicyclic) bond motifs is 1. The van der Waals surface area contributed by atoms with Crippen LogP contribution in [0, 0.1) is 11.8 Å². The zero-order valence-corrected chi connectivity index (χ0v) is 23.0. The van der Waals surface area contributed by atoms with Crippen molar-refractivity contribution in [3.05, 3.63) is 60.3 Å². The van der Waals surface area contributed by atoms with Crippen LogP contribution in [0.2, 0.25) is 0 Å². The minimum atomic E-state index is -1.14. The molecule has 2 aromatic carbocycles. The van der Waals surface area contributed by atoms with Gasteiger partial charge >= 0.3 is 5.97 Å². The van der Waals surface area contributed by atoms with Gasteiger partial charge in [-0.1, -0.05) is 12.1 Å². The Morgan fingerprint density at radius 1 is 1.18 bits per heavy atom. The number of hydrogen-bond acceptors (Lipinski definition) is 6. The molecule has 204 valence electrons. The first-order valence-corrected chi connectivity index (χ1v) is 14.2. The van der Waals surface area contributed by atoms with Gasteiger partial charge in [0.05, 0.1) is 19.7 Å². The number of carboxylic acids is 1. The van der Waals surface area contributed by atoms with E-state index < -0.39 is 12.1 Å². The number of halogens is 1. The summed E-state index contributed by atoms with van der Waals surface area (Å²) < 4.78 is 26.3. The first kappa shape index (κ1) is 28.2. The number of methoxy groups -OCH3 is 2. The Morgan fingerprint density at radius 2 is 2.03 bits per heavy atom. The van der Waals surface area contributed by atoms with Crippen molar-refractivity contribution in [2.24, 2.45) is 11.8 Å². The van der Waals surface area contributed by atoms with Crippen LogP contribution in [-0.4, -0.2) is 60.6 Å². The van der Waals surface area contributed by atoms with E-state index in [9.17, 15) is 9.90 Å². The highest BCUT2D eigenvalue weighted by atomic mass is 32.2. The Hall–Kier alpha value is -2.84. The minimum Gasteiger partial charge on any atom is -0.497 e. The van der Waals surface area contributed by atoms with Gasteiger partial charge in [0.15, 0.2) is 0 Å². The van der Waals surface area contributed by atoms with Crippen LogP contribution < -0.4 is 9.47 Å². The molecule has 4 rings (SSSR count). The lowest BCUT2D eigenvalue weighted by molar-refractivity contribution is -0.139. The summed E-state index contributed by atoms with van der Waals surface area (Å²) >= 11 is 1.78. The summed E-state index contributed by atoms with van der Waals surface area (Å²) in [4.78, 5) is 19.5. The lowest BCUT2D eigenvalue weighted by Gasteiger charge is -2.38. The molecule has 38 heavy (non-hydrogen) atoms. The molecule has 1 aliphatic rings. The average Bonchev–Trinajstić information content (AvgIpc) is 2.94. The maximum atomic E-state index is 15.5. The molecular formula is C30H37FN2O4S. The zero-order chi connectivity index (χ0) is 26.9. The van der Waals surface area contributed by atoms with Crippen LogP contribution in [-0.2, 0) is 4.79 Å². The van der Waals surface area contributed by atoms with Gasteiger partial charge in [0.1, 0.15) is 17.7 Å². The first-order chi connectivity index (χ1) is 18.5. The summed E-state index contributed by atoms with van der Waals surface area (Å²) in [6.45, 7) is 2.61. The van der Waals surface area contributed by atoms with Crippen molar-refractivity contribution in [2.75, 3.05) is 39.6 Å². The molecule has 2 heterocycles. The number of hydrogen-bond donors (Lipinski definition) is 1. The van der Waals surface area contributed by atoms with E-state index in [1.807, 2.05) is 36.4 Å². The summed E-state index contributed by atoms with van der Waals surface area (Å²) in [5.74, 6) is 1.99. The Balaban J connectivity index is 1.31. The number of carboxylic acid groups (broad SMARTS) is 1. The van der Waals surface area contributed by atoms with Gasteiger partial charge in [0.2, 0.25) is 0 Å². The number of rotatable bonds is 13. The Kier molecular flexibility index (Phi) is 10.2. The SMILES string of the molecule is COc1ccc2nccc(C(F)CC[C@@H]3CCN(CCCSc4ccccc4OC)C[C@@H]3CC(=O)O)c2c1. The second-order valence-electron chi connectivity index (χ2n) is 9.89. The molecule has 1 aliphatic heterocycles. The number of thioether (sulfide) groups is 1. The molecule has 0 radical (unpaired) electrons. The van der Waals surface area contributed by atoms with E-state index in [1.165, 1.54) is 0 Å². The number of aromatic nitrogens is 1. The van der Waals surface area contributed by atoms with Gasteiger partial charge in [-0.2, -0.15) is 0 Å². The number of carbonyl (C=O) groups is 1. The van der Waals surface area contributed by atoms with Crippen molar-refractivity contribution >= 4 is 28.6 Å². The van der Waals surface area contributed by atoms with Gasteiger partial charge in [-0.05, 0) is 98.3 Å². The number of pyridine rings is 1. The molecule has 3 atom stereocenters. The largest absolute Gasteiger partial charge is 0.497 e. The third-order valence-electron chi connectivity index (χ3n) is 7.47. The van der Waals surface area contributed by atoms with Crippen LogP contribution in [0.3, 0.4) is 0 Å². The van der Waals surface area contributed by atoms with E-state index in [0.29, 0.717) is 24.2 Å². The van der Waals surface area contributed by atoms with Crippen molar-refractivity contribution in [1.82, 2.24) is 9.88 Å². The molecule has 0 amide bonds. The van der Waals surface area contributed by atoms with Crippen molar-refractivity contribution in [2.45, 2.75) is 43.2 Å². The van der Waals surface area contributed by atoms with Crippen LogP contribution in [0.25, 0.3) is 10.9 Å². The molecule has 1 fully saturated rings.